The van der Waals surface area contributed by atoms with Gasteiger partial charge < -0.3 is 9.80 Å². The molecule has 4 rings (SSSR count). The second-order valence-electron chi connectivity index (χ2n) is 7.33. The van der Waals surface area contributed by atoms with E-state index in [0.717, 1.165) is 0 Å². The third-order valence-electron chi connectivity index (χ3n) is 5.32. The van der Waals surface area contributed by atoms with Crippen molar-refractivity contribution >= 4 is 57.4 Å². The highest BCUT2D eigenvalue weighted by Crippen LogP contribution is 2.37. The first-order valence-electron chi connectivity index (χ1n) is 10.1. The quantitative estimate of drug-likeness (QED) is 0.262. The van der Waals surface area contributed by atoms with E-state index in [-0.39, 0.29) is 28.7 Å². The van der Waals surface area contributed by atoms with Crippen molar-refractivity contribution in [2.24, 2.45) is 0 Å². The van der Waals surface area contributed by atoms with Crippen LogP contribution < -0.4 is 0 Å². The SMILES string of the molecule is N=C(c1ccc([N+](=O)[O-])cc1)N1CCSC1S(=O)C1SCCN1C(=O)c1ccc([N+](=O)[O-])cc1. The van der Waals surface area contributed by atoms with Gasteiger partial charge in [-0.25, -0.2) is 0 Å². The first-order chi connectivity index (χ1) is 16.3. The molecule has 2 heterocycles. The summed E-state index contributed by atoms with van der Waals surface area (Å²) >= 11 is 2.84. The summed E-state index contributed by atoms with van der Waals surface area (Å²) in [4.78, 5) is 37.0. The number of nitrogens with one attached hydrogen (secondary N) is 1. The van der Waals surface area contributed by atoms with Crippen LogP contribution >= 0.6 is 23.5 Å². The first kappa shape index (κ1) is 24.2. The van der Waals surface area contributed by atoms with Crippen LogP contribution in [0.1, 0.15) is 15.9 Å². The number of benzene rings is 2. The Kier molecular flexibility index (Phi) is 7.19. The van der Waals surface area contributed by atoms with Gasteiger partial charge in [0, 0.05) is 60.0 Å². The number of nitro benzene ring substituents is 2. The second-order valence-corrected chi connectivity index (χ2v) is 11.9. The summed E-state index contributed by atoms with van der Waals surface area (Å²) in [6, 6.07) is 11.0. The van der Waals surface area contributed by atoms with Crippen molar-refractivity contribution in [3.05, 3.63) is 79.9 Å². The van der Waals surface area contributed by atoms with Crippen LogP contribution in [0.25, 0.3) is 0 Å². The molecule has 3 unspecified atom stereocenters. The maximum Gasteiger partial charge on any atom is 0.269 e. The van der Waals surface area contributed by atoms with Gasteiger partial charge in [0.05, 0.1) is 20.6 Å². The van der Waals surface area contributed by atoms with E-state index >= 15 is 0 Å². The van der Waals surface area contributed by atoms with Gasteiger partial charge in [0.25, 0.3) is 17.3 Å². The lowest BCUT2D eigenvalue weighted by Gasteiger charge is -2.30. The number of nitrogens with zero attached hydrogens (tertiary/aromatic N) is 4. The van der Waals surface area contributed by atoms with Crippen molar-refractivity contribution in [1.82, 2.24) is 9.80 Å². The molecule has 0 bridgehead atoms. The molecule has 3 atom stereocenters. The fourth-order valence-electron chi connectivity index (χ4n) is 3.59. The number of rotatable bonds is 6. The minimum absolute atomic E-state index is 0.0739. The third-order valence-corrected chi connectivity index (χ3v) is 10.5. The van der Waals surface area contributed by atoms with Crippen LogP contribution in [0, 0.1) is 25.6 Å². The zero-order valence-corrected chi connectivity index (χ0v) is 20.0. The van der Waals surface area contributed by atoms with Gasteiger partial charge in [0.15, 0.2) is 9.41 Å². The van der Waals surface area contributed by atoms with Crippen LogP contribution in [0.2, 0.25) is 0 Å². The highest BCUT2D eigenvalue weighted by molar-refractivity contribution is 8.18. The number of amidine groups is 1. The Morgan fingerprint density at radius 2 is 1.29 bits per heavy atom. The topological polar surface area (TPSA) is 151 Å². The third kappa shape index (κ3) is 4.79. The molecule has 11 nitrogen and oxygen atoms in total. The van der Waals surface area contributed by atoms with Crippen LogP contribution in [0.5, 0.6) is 0 Å². The molecule has 1 amide bonds. The molecule has 2 aromatic carbocycles. The fraction of sp³-hybridized carbons (Fsp3) is 0.300. The van der Waals surface area contributed by atoms with E-state index in [1.54, 1.807) is 4.90 Å². The van der Waals surface area contributed by atoms with Crippen molar-refractivity contribution in [2.75, 3.05) is 24.6 Å². The molecule has 2 fully saturated rings. The molecule has 0 aromatic heterocycles. The number of hydrogen-bond acceptors (Lipinski definition) is 9. The predicted molar refractivity (Wildman–Crippen MR) is 131 cm³/mol. The van der Waals surface area contributed by atoms with Gasteiger partial charge in [-0.1, -0.05) is 0 Å². The van der Waals surface area contributed by atoms with Gasteiger partial charge in [0.1, 0.15) is 5.84 Å². The second kappa shape index (κ2) is 10.1. The largest absolute Gasteiger partial charge is 0.333 e. The molecule has 14 heteroatoms. The van der Waals surface area contributed by atoms with E-state index in [9.17, 15) is 29.2 Å². The lowest BCUT2D eigenvalue weighted by Crippen LogP contribution is -2.44. The number of carbonyl (C=O) groups is 1. The molecular weight excluding hydrogens is 502 g/mol. The van der Waals surface area contributed by atoms with Crippen LogP contribution in [0.3, 0.4) is 0 Å². The lowest BCUT2D eigenvalue weighted by atomic mass is 10.2. The average Bonchev–Trinajstić information content (AvgIpc) is 3.53. The van der Waals surface area contributed by atoms with Gasteiger partial charge in [0.2, 0.25) is 0 Å². The van der Waals surface area contributed by atoms with Crippen LogP contribution in [0.4, 0.5) is 11.4 Å². The molecule has 2 aliphatic heterocycles. The Hall–Kier alpha value is -2.97. The summed E-state index contributed by atoms with van der Waals surface area (Å²) in [6.07, 6.45) is 0. The van der Waals surface area contributed by atoms with E-state index < -0.39 is 30.1 Å². The molecule has 0 radical (unpaired) electrons. The van der Waals surface area contributed by atoms with Crippen LogP contribution in [0.15, 0.2) is 48.5 Å². The predicted octanol–water partition coefficient (Wildman–Crippen LogP) is 3.08. The molecule has 34 heavy (non-hydrogen) atoms. The monoisotopic (exact) mass is 521 g/mol. The van der Waals surface area contributed by atoms with Crippen molar-refractivity contribution < 1.29 is 18.9 Å². The number of non-ortho nitro benzene ring substituents is 2. The highest BCUT2D eigenvalue weighted by atomic mass is 32.3. The smallest absolute Gasteiger partial charge is 0.269 e. The summed E-state index contributed by atoms with van der Waals surface area (Å²) in [6.45, 7) is 0.888. The standard InChI is InChI=1S/C20H19N5O6S3/c21-17(13-1-5-15(6-2-13)24(27)28)22-9-11-32-19(22)34(31)20-23(10-12-33-20)18(26)14-3-7-16(8-4-14)25(29)30/h1-8,19-21H,9-12H2. The molecule has 0 saturated carbocycles. The van der Waals surface area contributed by atoms with Crippen LogP contribution in [-0.2, 0) is 10.8 Å². The van der Waals surface area contributed by atoms with Crippen LogP contribution in [-0.4, -0.2) is 69.6 Å². The van der Waals surface area contributed by atoms with E-state index in [1.165, 1.54) is 77.0 Å². The molecular formula is C20H19N5O6S3. The average molecular weight is 522 g/mol. The summed E-state index contributed by atoms with van der Waals surface area (Å²) in [5.74, 6) is 1.03. The van der Waals surface area contributed by atoms with Gasteiger partial charge in [-0.2, -0.15) is 0 Å². The molecule has 178 valence electrons. The highest BCUT2D eigenvalue weighted by Gasteiger charge is 2.42. The minimum atomic E-state index is -1.54. The zero-order valence-electron chi connectivity index (χ0n) is 17.6. The number of amides is 1. The van der Waals surface area contributed by atoms with Gasteiger partial charge >= 0.3 is 0 Å². The fourth-order valence-corrected chi connectivity index (χ4v) is 8.98. The van der Waals surface area contributed by atoms with E-state index in [4.69, 9.17) is 5.41 Å². The minimum Gasteiger partial charge on any atom is -0.333 e. The number of thioether (sulfide) groups is 2. The number of carbonyl (C=O) groups excluding carboxylic acids is 1. The lowest BCUT2D eigenvalue weighted by molar-refractivity contribution is -0.385. The maximum atomic E-state index is 13.6. The first-order valence-corrected chi connectivity index (χ1v) is 13.4. The Balaban J connectivity index is 1.50. The van der Waals surface area contributed by atoms with E-state index in [1.807, 2.05) is 0 Å². The molecule has 0 spiro atoms. The summed E-state index contributed by atoms with van der Waals surface area (Å²) in [5, 5.41) is 30.4. The Morgan fingerprint density at radius 1 is 0.853 bits per heavy atom. The van der Waals surface area contributed by atoms with Gasteiger partial charge in [-0.05, 0) is 24.3 Å². The van der Waals surface area contributed by atoms with E-state index in [2.05, 4.69) is 0 Å². The summed E-state index contributed by atoms with van der Waals surface area (Å²) < 4.78 is 12.4. The molecule has 2 aliphatic rings. The molecule has 2 saturated heterocycles. The Morgan fingerprint density at radius 3 is 1.79 bits per heavy atom. The van der Waals surface area contributed by atoms with Gasteiger partial charge in [-0.15, -0.1) is 23.5 Å². The number of nitro groups is 2. The van der Waals surface area contributed by atoms with Crippen molar-refractivity contribution in [3.8, 4) is 0 Å². The van der Waals surface area contributed by atoms with E-state index in [0.29, 0.717) is 30.2 Å². The van der Waals surface area contributed by atoms with Crippen molar-refractivity contribution in [1.29, 1.82) is 5.41 Å². The zero-order chi connectivity index (χ0) is 24.4. The molecule has 1 N–H and O–H groups in total. The summed E-state index contributed by atoms with van der Waals surface area (Å²) in [5.41, 5.74) is 0.572. The number of hydrogen-bond donors (Lipinski definition) is 1. The van der Waals surface area contributed by atoms with Gasteiger partial charge in [-0.3, -0.25) is 34.6 Å². The Bertz CT molecular complexity index is 1070. The Labute approximate surface area is 205 Å². The van der Waals surface area contributed by atoms with Crippen molar-refractivity contribution in [2.45, 2.75) is 9.41 Å². The maximum absolute atomic E-state index is 13.6. The summed E-state index contributed by atoms with van der Waals surface area (Å²) in [7, 11) is -1.54. The molecule has 0 aliphatic carbocycles. The molecule has 2 aromatic rings. The normalized spacial score (nSPS) is 20.8. The van der Waals surface area contributed by atoms with Crippen molar-refractivity contribution in [3.63, 3.8) is 0 Å².